The minimum atomic E-state index is -0.138. The lowest BCUT2D eigenvalue weighted by Crippen LogP contribution is -2.16. The number of hydrogen-bond donors (Lipinski definition) is 0. The van der Waals surface area contributed by atoms with Crippen LogP contribution in [0.25, 0.3) is 75.5 Å². The second-order valence-electron chi connectivity index (χ2n) is 16.0. The van der Waals surface area contributed by atoms with E-state index >= 15 is 0 Å². The van der Waals surface area contributed by atoms with Gasteiger partial charge in [-0.05, 0) is 87.0 Å². The highest BCUT2D eigenvalue weighted by Gasteiger charge is 2.38. The van der Waals surface area contributed by atoms with Gasteiger partial charge in [0.15, 0.2) is 0 Å². The predicted molar refractivity (Wildman–Crippen MR) is 245 cm³/mol. The average molecular weight is 760 g/mol. The van der Waals surface area contributed by atoms with E-state index in [1.807, 2.05) is 11.3 Å². The van der Waals surface area contributed by atoms with E-state index in [0.717, 1.165) is 39.1 Å². The molecule has 0 radical (unpaired) electrons. The van der Waals surface area contributed by atoms with Gasteiger partial charge in [-0.25, -0.2) is 0 Å². The molecule has 1 aliphatic heterocycles. The summed E-state index contributed by atoms with van der Waals surface area (Å²) in [4.78, 5) is 2.55. The molecule has 9 aromatic carbocycles. The molecule has 0 spiro atoms. The van der Waals surface area contributed by atoms with Gasteiger partial charge in [0, 0.05) is 42.8 Å². The Morgan fingerprint density at radius 2 is 1.09 bits per heavy atom. The second-order valence-corrected chi connectivity index (χ2v) is 17.1. The molecular formula is C55H37NOS. The molecule has 58 heavy (non-hydrogen) atoms. The quantitative estimate of drug-likeness (QED) is 0.173. The molecule has 12 rings (SSSR count). The van der Waals surface area contributed by atoms with E-state index in [2.05, 4.69) is 207 Å². The summed E-state index contributed by atoms with van der Waals surface area (Å²) in [6, 6.07) is 68.7. The molecule has 0 amide bonds. The van der Waals surface area contributed by atoms with Crippen molar-refractivity contribution >= 4 is 59.3 Å². The smallest absolute Gasteiger partial charge is 0.136 e. The van der Waals surface area contributed by atoms with Crippen LogP contribution in [0.15, 0.2) is 188 Å². The normalized spacial score (nSPS) is 13.3. The Morgan fingerprint density at radius 1 is 0.431 bits per heavy atom. The fourth-order valence-corrected chi connectivity index (χ4v) is 10.9. The third kappa shape index (κ3) is 4.84. The maximum Gasteiger partial charge on any atom is 0.136 e. The van der Waals surface area contributed by atoms with Crippen molar-refractivity contribution in [2.24, 2.45) is 0 Å². The van der Waals surface area contributed by atoms with Crippen LogP contribution in [0, 0.1) is 0 Å². The lowest BCUT2D eigenvalue weighted by atomic mass is 9.82. The number of benzene rings is 9. The van der Waals surface area contributed by atoms with E-state index in [-0.39, 0.29) is 5.41 Å². The molecule has 2 nitrogen and oxygen atoms in total. The summed E-state index contributed by atoms with van der Waals surface area (Å²) in [5, 5.41) is 4.84. The molecular weight excluding hydrogens is 723 g/mol. The monoisotopic (exact) mass is 759 g/mol. The molecule has 10 aromatic rings. The number of fused-ring (bicyclic) bond motifs is 8. The van der Waals surface area contributed by atoms with E-state index in [9.17, 15) is 0 Å². The summed E-state index contributed by atoms with van der Waals surface area (Å²) in [7, 11) is 0. The van der Waals surface area contributed by atoms with E-state index in [1.54, 1.807) is 0 Å². The summed E-state index contributed by atoms with van der Waals surface area (Å²) in [6.45, 7) is 4.73. The van der Waals surface area contributed by atoms with Gasteiger partial charge in [-0.2, -0.15) is 0 Å². The van der Waals surface area contributed by atoms with Gasteiger partial charge in [0.05, 0.1) is 21.8 Å². The van der Waals surface area contributed by atoms with Crippen LogP contribution in [0.1, 0.15) is 25.0 Å². The summed E-state index contributed by atoms with van der Waals surface area (Å²) >= 11 is 1.88. The fraction of sp³-hybridized carbons (Fsp3) is 0.0545. The Hall–Kier alpha value is -6.94. The molecule has 0 unspecified atom stereocenters. The van der Waals surface area contributed by atoms with Crippen molar-refractivity contribution in [3.63, 3.8) is 0 Å². The first-order valence-electron chi connectivity index (χ1n) is 20.0. The molecule has 1 aliphatic carbocycles. The summed E-state index contributed by atoms with van der Waals surface area (Å²) < 4.78 is 9.39. The van der Waals surface area contributed by atoms with Crippen LogP contribution in [0.4, 0.5) is 17.1 Å². The first-order chi connectivity index (χ1) is 28.5. The summed E-state index contributed by atoms with van der Waals surface area (Å²) in [6.07, 6.45) is 0. The summed E-state index contributed by atoms with van der Waals surface area (Å²) in [5.41, 5.74) is 15.7. The van der Waals surface area contributed by atoms with Crippen LogP contribution in [-0.4, -0.2) is 0 Å². The lowest BCUT2D eigenvalue weighted by molar-refractivity contribution is 0.487. The molecule has 2 aliphatic rings. The fourth-order valence-electron chi connectivity index (χ4n) is 9.70. The highest BCUT2D eigenvalue weighted by Crippen LogP contribution is 2.57. The Kier molecular flexibility index (Phi) is 7.18. The minimum Gasteiger partial charge on any atom is -0.456 e. The number of anilines is 3. The highest BCUT2D eigenvalue weighted by molar-refractivity contribution is 7.26. The number of rotatable bonds is 5. The first-order valence-corrected chi connectivity index (χ1v) is 20.8. The van der Waals surface area contributed by atoms with Crippen LogP contribution >= 0.6 is 11.3 Å². The highest BCUT2D eigenvalue weighted by atomic mass is 32.1. The maximum absolute atomic E-state index is 6.85. The Bertz CT molecular complexity index is 3290. The van der Waals surface area contributed by atoms with E-state index in [1.165, 1.54) is 76.1 Å². The molecule has 0 fully saturated rings. The zero-order chi connectivity index (χ0) is 38.5. The molecule has 3 heteroatoms. The van der Waals surface area contributed by atoms with Crippen LogP contribution in [-0.2, 0) is 5.41 Å². The minimum absolute atomic E-state index is 0.138. The maximum atomic E-state index is 6.85. The molecule has 0 saturated heterocycles. The Balaban J connectivity index is 1.12. The molecule has 274 valence electrons. The van der Waals surface area contributed by atoms with Crippen molar-refractivity contribution in [1.29, 1.82) is 0 Å². The van der Waals surface area contributed by atoms with Crippen molar-refractivity contribution < 1.29 is 4.74 Å². The van der Waals surface area contributed by atoms with Crippen molar-refractivity contribution in [3.8, 4) is 56.0 Å². The van der Waals surface area contributed by atoms with E-state index < -0.39 is 0 Å². The van der Waals surface area contributed by atoms with Gasteiger partial charge in [-0.3, -0.25) is 0 Å². The predicted octanol–water partition coefficient (Wildman–Crippen LogP) is 16.1. The van der Waals surface area contributed by atoms with Crippen molar-refractivity contribution in [2.45, 2.75) is 19.3 Å². The molecule has 0 atom stereocenters. The largest absolute Gasteiger partial charge is 0.456 e. The lowest BCUT2D eigenvalue weighted by Gasteiger charge is -2.31. The second kappa shape index (κ2) is 12.5. The molecule has 0 N–H and O–H groups in total. The van der Waals surface area contributed by atoms with E-state index in [0.29, 0.717) is 0 Å². The first kappa shape index (κ1) is 33.2. The number of hydrogen-bond acceptors (Lipinski definition) is 3. The Morgan fingerprint density at radius 3 is 1.91 bits per heavy atom. The van der Waals surface area contributed by atoms with Crippen LogP contribution in [0.2, 0.25) is 0 Å². The third-order valence-electron chi connectivity index (χ3n) is 12.5. The Labute approximate surface area is 341 Å². The van der Waals surface area contributed by atoms with Crippen LogP contribution in [0.5, 0.6) is 11.5 Å². The third-order valence-corrected chi connectivity index (χ3v) is 13.7. The number of nitrogens with zero attached hydrogens (tertiary/aromatic N) is 1. The van der Waals surface area contributed by atoms with Crippen LogP contribution < -0.4 is 9.64 Å². The zero-order valence-corrected chi connectivity index (χ0v) is 33.0. The van der Waals surface area contributed by atoms with Crippen molar-refractivity contribution in [1.82, 2.24) is 0 Å². The van der Waals surface area contributed by atoms with Gasteiger partial charge < -0.3 is 9.64 Å². The van der Waals surface area contributed by atoms with E-state index in [4.69, 9.17) is 4.74 Å². The molecule has 2 heterocycles. The summed E-state index contributed by atoms with van der Waals surface area (Å²) in [5.74, 6) is 1.76. The molecule has 0 bridgehead atoms. The average Bonchev–Trinajstić information content (AvgIpc) is 3.77. The van der Waals surface area contributed by atoms with Gasteiger partial charge in [0.25, 0.3) is 0 Å². The van der Waals surface area contributed by atoms with Gasteiger partial charge in [0.2, 0.25) is 0 Å². The number of ether oxygens (including phenoxy) is 1. The number of thiophene rings is 1. The van der Waals surface area contributed by atoms with Gasteiger partial charge >= 0.3 is 0 Å². The van der Waals surface area contributed by atoms with Gasteiger partial charge in [-0.15, -0.1) is 11.3 Å². The SMILES string of the molecule is CC1(C)c2ccccc2-c2c(N(c3ccc4c5c(cccc35)-c3ccc(-c5ccccc5)cc3O4)c3cccc4c3sc3cc(-c5ccccc5)ccc34)cccc21. The standard InChI is InChI=1S/C55H37NOS/c1-55(2)44-22-10-9-18-42(44)53-45(55)23-13-24-47(53)56(48-25-12-20-41-39-29-27-37(33-51(39)58-54(41)48)35-16-7-4-8-17-35)46-30-31-49-52-40(19-11-21-43(46)52)38-28-26-36(32-50(38)57-49)34-14-5-3-6-15-34/h3-33H,1-2H3. The van der Waals surface area contributed by atoms with Crippen molar-refractivity contribution in [3.05, 3.63) is 199 Å². The molecule has 1 aromatic heterocycles. The van der Waals surface area contributed by atoms with Gasteiger partial charge in [0.1, 0.15) is 11.5 Å². The van der Waals surface area contributed by atoms with Crippen molar-refractivity contribution in [2.75, 3.05) is 4.90 Å². The topological polar surface area (TPSA) is 12.5 Å². The zero-order valence-electron chi connectivity index (χ0n) is 32.2. The van der Waals surface area contributed by atoms with Crippen LogP contribution in [0.3, 0.4) is 0 Å². The van der Waals surface area contributed by atoms with Gasteiger partial charge in [-0.1, -0.05) is 159 Å². The molecule has 0 saturated carbocycles.